The molecule has 2 aromatic rings. The van der Waals surface area contributed by atoms with E-state index in [1.165, 1.54) is 0 Å². The number of carbonyl (C=O) groups is 1. The van der Waals surface area contributed by atoms with Crippen LogP contribution in [0.2, 0.25) is 0 Å². The van der Waals surface area contributed by atoms with Gasteiger partial charge in [-0.3, -0.25) is 10.7 Å². The van der Waals surface area contributed by atoms with Crippen molar-refractivity contribution in [1.82, 2.24) is 5.32 Å². The normalized spacial score (nSPS) is 9.90. The Bertz CT molecular complexity index is 609. The van der Waals surface area contributed by atoms with Crippen LogP contribution in [0, 0.1) is 5.41 Å². The predicted molar refractivity (Wildman–Crippen MR) is 79.8 cm³/mol. The van der Waals surface area contributed by atoms with Gasteiger partial charge in [0, 0.05) is 6.42 Å². The lowest BCUT2D eigenvalue weighted by Crippen LogP contribution is -2.29. The summed E-state index contributed by atoms with van der Waals surface area (Å²) in [6.45, 7) is 0.497. The fourth-order valence-corrected chi connectivity index (χ4v) is 1.82. The molecule has 0 saturated carbocycles. The Morgan fingerprint density at radius 1 is 1.05 bits per heavy atom. The lowest BCUT2D eigenvalue weighted by atomic mass is 10.1. The third kappa shape index (κ3) is 4.99. The first-order valence-corrected chi connectivity index (χ1v) is 6.46. The molecule has 2 aromatic carbocycles. The molecule has 0 bridgehead atoms. The topological polar surface area (TPSA) is 82.4 Å². The second-order valence-electron chi connectivity index (χ2n) is 4.50. The van der Waals surface area contributed by atoms with Gasteiger partial charge in [0.25, 0.3) is 0 Å². The van der Waals surface area contributed by atoms with E-state index < -0.39 is 6.09 Å². The highest BCUT2D eigenvalue weighted by Crippen LogP contribution is 2.14. The van der Waals surface area contributed by atoms with E-state index in [4.69, 9.17) is 15.3 Å². The van der Waals surface area contributed by atoms with Gasteiger partial charge in [-0.15, -0.1) is 0 Å². The molecular formula is C16H16N2O3. The van der Waals surface area contributed by atoms with Gasteiger partial charge in [0.1, 0.15) is 18.2 Å². The summed E-state index contributed by atoms with van der Waals surface area (Å²) in [4.78, 5) is 10.4. The van der Waals surface area contributed by atoms with Gasteiger partial charge in [-0.1, -0.05) is 42.5 Å². The first kappa shape index (κ1) is 14.6. The number of nitrogens with one attached hydrogen (secondary N) is 2. The largest absolute Gasteiger partial charge is 0.489 e. The Labute approximate surface area is 122 Å². The van der Waals surface area contributed by atoms with Gasteiger partial charge >= 0.3 is 6.09 Å². The minimum absolute atomic E-state index is 0.0551. The van der Waals surface area contributed by atoms with E-state index in [0.717, 1.165) is 16.9 Å². The Hall–Kier alpha value is -2.82. The number of benzene rings is 2. The van der Waals surface area contributed by atoms with E-state index >= 15 is 0 Å². The summed E-state index contributed by atoms with van der Waals surface area (Å²) in [6, 6.07) is 17.1. The van der Waals surface area contributed by atoms with Gasteiger partial charge in [0.2, 0.25) is 0 Å². The van der Waals surface area contributed by atoms with Crippen molar-refractivity contribution in [3.8, 4) is 5.75 Å². The zero-order valence-corrected chi connectivity index (χ0v) is 11.4. The standard InChI is InChI=1S/C16H16N2O3/c17-15(18-16(19)20)10-12-6-8-14(9-7-12)21-11-13-4-2-1-3-5-13/h1-9H,10-11H2,(H2,17,18)(H,19,20). The molecule has 21 heavy (non-hydrogen) atoms. The van der Waals surface area contributed by atoms with Crippen LogP contribution in [-0.4, -0.2) is 17.0 Å². The number of amidine groups is 1. The summed E-state index contributed by atoms with van der Waals surface area (Å²) in [5, 5.41) is 18.0. The van der Waals surface area contributed by atoms with Crippen LogP contribution in [0.4, 0.5) is 4.79 Å². The van der Waals surface area contributed by atoms with Gasteiger partial charge in [0.15, 0.2) is 0 Å². The minimum Gasteiger partial charge on any atom is -0.489 e. The summed E-state index contributed by atoms with van der Waals surface area (Å²) < 4.78 is 5.65. The van der Waals surface area contributed by atoms with Gasteiger partial charge in [-0.25, -0.2) is 4.79 Å². The summed E-state index contributed by atoms with van der Waals surface area (Å²) in [6.07, 6.45) is -0.978. The molecule has 0 spiro atoms. The van der Waals surface area contributed by atoms with Crippen molar-refractivity contribution in [2.75, 3.05) is 0 Å². The average molecular weight is 284 g/mol. The van der Waals surface area contributed by atoms with Crippen LogP contribution < -0.4 is 10.1 Å². The fourth-order valence-electron chi connectivity index (χ4n) is 1.82. The summed E-state index contributed by atoms with van der Waals surface area (Å²) >= 11 is 0. The van der Waals surface area contributed by atoms with Crippen LogP contribution in [0.3, 0.4) is 0 Å². The van der Waals surface area contributed by atoms with E-state index in [0.29, 0.717) is 6.61 Å². The zero-order valence-electron chi connectivity index (χ0n) is 11.4. The predicted octanol–water partition coefficient (Wildman–Crippen LogP) is 3.05. The molecule has 3 N–H and O–H groups in total. The van der Waals surface area contributed by atoms with E-state index in [1.807, 2.05) is 59.9 Å². The minimum atomic E-state index is -1.22. The number of ether oxygens (including phenoxy) is 1. The van der Waals surface area contributed by atoms with Crippen molar-refractivity contribution >= 4 is 11.9 Å². The first-order chi connectivity index (χ1) is 10.1. The molecule has 0 fully saturated rings. The summed E-state index contributed by atoms with van der Waals surface area (Å²) in [5.74, 6) is 0.681. The average Bonchev–Trinajstić information content (AvgIpc) is 2.47. The monoisotopic (exact) mass is 284 g/mol. The number of hydrogen-bond donors (Lipinski definition) is 3. The molecule has 2 rings (SSSR count). The highest BCUT2D eigenvalue weighted by Gasteiger charge is 2.03. The van der Waals surface area contributed by atoms with Crippen LogP contribution in [0.25, 0.3) is 0 Å². The number of amides is 1. The van der Waals surface area contributed by atoms with E-state index in [9.17, 15) is 4.79 Å². The third-order valence-corrected chi connectivity index (χ3v) is 2.81. The van der Waals surface area contributed by atoms with Crippen molar-refractivity contribution in [3.05, 3.63) is 65.7 Å². The molecule has 108 valence electrons. The molecule has 0 radical (unpaired) electrons. The lowest BCUT2D eigenvalue weighted by Gasteiger charge is -2.08. The number of carboxylic acid groups (broad SMARTS) is 1. The van der Waals surface area contributed by atoms with Crippen LogP contribution in [0.15, 0.2) is 54.6 Å². The summed E-state index contributed by atoms with van der Waals surface area (Å²) in [5.41, 5.74) is 1.94. The Balaban J connectivity index is 1.87. The number of hydrogen-bond acceptors (Lipinski definition) is 3. The maximum absolute atomic E-state index is 10.4. The van der Waals surface area contributed by atoms with Crippen LogP contribution in [-0.2, 0) is 13.0 Å². The van der Waals surface area contributed by atoms with Crippen LogP contribution in [0.5, 0.6) is 5.75 Å². The van der Waals surface area contributed by atoms with E-state index in [2.05, 4.69) is 0 Å². The van der Waals surface area contributed by atoms with E-state index in [1.54, 1.807) is 0 Å². The second kappa shape index (κ2) is 7.09. The van der Waals surface area contributed by atoms with Crippen molar-refractivity contribution in [2.45, 2.75) is 13.0 Å². The maximum Gasteiger partial charge on any atom is 0.410 e. The molecule has 0 aliphatic rings. The van der Waals surface area contributed by atoms with Gasteiger partial charge in [0.05, 0.1) is 0 Å². The van der Waals surface area contributed by atoms with Crippen LogP contribution in [0.1, 0.15) is 11.1 Å². The molecule has 0 heterocycles. The van der Waals surface area contributed by atoms with Crippen molar-refractivity contribution in [1.29, 1.82) is 5.41 Å². The molecule has 0 saturated heterocycles. The lowest BCUT2D eigenvalue weighted by molar-refractivity contribution is 0.200. The van der Waals surface area contributed by atoms with Gasteiger partial charge < -0.3 is 9.84 Å². The molecule has 0 unspecified atom stereocenters. The fraction of sp³-hybridized carbons (Fsp3) is 0.125. The highest BCUT2D eigenvalue weighted by molar-refractivity contribution is 5.93. The van der Waals surface area contributed by atoms with Gasteiger partial charge in [-0.05, 0) is 23.3 Å². The molecule has 5 nitrogen and oxygen atoms in total. The van der Waals surface area contributed by atoms with Crippen LogP contribution >= 0.6 is 0 Å². The van der Waals surface area contributed by atoms with Gasteiger partial charge in [-0.2, -0.15) is 0 Å². The van der Waals surface area contributed by atoms with Crippen molar-refractivity contribution < 1.29 is 14.6 Å². The Kier molecular flexibility index (Phi) is 4.93. The second-order valence-corrected chi connectivity index (χ2v) is 4.50. The summed E-state index contributed by atoms with van der Waals surface area (Å²) in [7, 11) is 0. The Morgan fingerprint density at radius 2 is 1.71 bits per heavy atom. The molecule has 1 amide bonds. The molecule has 0 aliphatic carbocycles. The Morgan fingerprint density at radius 3 is 2.33 bits per heavy atom. The van der Waals surface area contributed by atoms with E-state index in [-0.39, 0.29) is 12.3 Å². The molecule has 0 aromatic heterocycles. The van der Waals surface area contributed by atoms with Crippen molar-refractivity contribution in [3.63, 3.8) is 0 Å². The quantitative estimate of drug-likeness (QED) is 0.583. The number of rotatable bonds is 5. The SMILES string of the molecule is N=C(Cc1ccc(OCc2ccccc2)cc1)NC(=O)O. The molecule has 0 aliphatic heterocycles. The molecule has 0 atom stereocenters. The third-order valence-electron chi connectivity index (χ3n) is 2.81. The first-order valence-electron chi connectivity index (χ1n) is 6.46. The van der Waals surface area contributed by atoms with Crippen molar-refractivity contribution in [2.24, 2.45) is 0 Å². The maximum atomic E-state index is 10.4. The molecular weight excluding hydrogens is 268 g/mol. The highest BCUT2D eigenvalue weighted by atomic mass is 16.5. The zero-order chi connectivity index (χ0) is 15.1. The molecule has 5 heteroatoms. The smallest absolute Gasteiger partial charge is 0.410 e.